The fourth-order valence-electron chi connectivity index (χ4n) is 23.6. The number of nitrogens with zero attached hydrogens (tertiary/aromatic N) is 8. The van der Waals surface area contributed by atoms with E-state index in [4.69, 9.17) is 23.8 Å². The van der Waals surface area contributed by atoms with Gasteiger partial charge >= 0.3 is 0 Å². The van der Waals surface area contributed by atoms with Crippen molar-refractivity contribution in [3.05, 3.63) is 485 Å². The average molecular weight is 1910 g/mol. The third-order valence-electron chi connectivity index (χ3n) is 30.2. The molecule has 147 heavy (non-hydrogen) atoms. The molecule has 12 heteroatoms. The zero-order valence-corrected chi connectivity index (χ0v) is 80.5. The quantitative estimate of drug-likeness (QED) is 0.134. The molecule has 0 radical (unpaired) electrons. The second-order valence-electron chi connectivity index (χ2n) is 38.3. The Labute approximate surface area is 847 Å². The molecule has 0 bridgehead atoms. The number of aromatic nitrogens is 8. The summed E-state index contributed by atoms with van der Waals surface area (Å²) >= 11 is 3.78. The summed E-state index contributed by atoms with van der Waals surface area (Å²) in [5, 5.41) is 29.5. The first-order chi connectivity index (χ1) is 72.9. The molecule has 0 saturated heterocycles. The molecule has 0 unspecified atom stereocenters. The number of para-hydroxylation sites is 8. The van der Waals surface area contributed by atoms with Gasteiger partial charge in [-0.05, 0) is 225 Å². The Balaban J connectivity index is 0.000000101. The number of oxazole rings is 2. The van der Waals surface area contributed by atoms with Crippen LogP contribution in [-0.4, -0.2) is 37.8 Å². The highest BCUT2D eigenvalue weighted by atomic mass is 32.1. The summed E-state index contributed by atoms with van der Waals surface area (Å²) in [6.45, 7) is 0. The first-order valence-corrected chi connectivity index (χ1v) is 51.5. The highest BCUT2D eigenvalue weighted by molar-refractivity contribution is 7.27. The van der Waals surface area contributed by atoms with Crippen LogP contribution in [0.4, 0.5) is 0 Å². The van der Waals surface area contributed by atoms with Crippen LogP contribution in [-0.2, 0) is 0 Å². The van der Waals surface area contributed by atoms with Gasteiger partial charge < -0.3 is 27.1 Å². The molecule has 0 spiro atoms. The van der Waals surface area contributed by atoms with Crippen LogP contribution in [0.25, 0.3) is 299 Å². The maximum absolute atomic E-state index is 6.49. The number of hydrogen-bond acceptors (Lipinski definition) is 7. The van der Waals surface area contributed by atoms with Gasteiger partial charge in [-0.1, -0.05) is 309 Å². The highest BCUT2D eigenvalue weighted by Gasteiger charge is 2.27. The fourth-order valence-corrected chi connectivity index (χ4v) is 26.1. The van der Waals surface area contributed by atoms with E-state index >= 15 is 0 Å². The van der Waals surface area contributed by atoms with Gasteiger partial charge in [-0.3, -0.25) is 4.57 Å². The van der Waals surface area contributed by atoms with Crippen molar-refractivity contribution in [2.45, 2.75) is 0 Å². The molecule has 0 aliphatic carbocycles. The van der Waals surface area contributed by atoms with Gasteiger partial charge in [0.2, 0.25) is 11.8 Å². The molecule has 0 amide bonds. The summed E-state index contributed by atoms with van der Waals surface area (Å²) in [4.78, 5) is 15.3. The lowest BCUT2D eigenvalue weighted by atomic mass is 9.98. The minimum absolute atomic E-state index is 0.639. The second kappa shape index (κ2) is 32.7. The fraction of sp³-hybridized carbons (Fsp3) is 0. The maximum atomic E-state index is 6.49. The maximum Gasteiger partial charge on any atom is 0.227 e. The molecule has 0 aliphatic heterocycles. The SMILES string of the molecule is c1ccc(-c2nc3c(ccc4ccc5c(ccc6c7cc8c9ccccc9n(-c9ccccc9)c8cc7sc65)c43)o2)cc1.c1ccc(-c2nc3c4c(ccc5c4ccc4c6cc7c8ccccc8n(-c8ccccc8)c7cc6sc45)ccc3n2-c2ccccc2)cc1.c1ccc(-c2nc3ccc4ccc5cc(-n6c7ccccc7c7cc(-c8ccc9c(c8)c8ccccc8n9-c8ccccc8)ccc76)ccc5c4c3o2)cc1. The molecular weight excluding hydrogens is 1830 g/mol. The van der Waals surface area contributed by atoms with Gasteiger partial charge in [0.15, 0.2) is 11.2 Å². The molecule has 0 saturated carbocycles. The number of imidazole rings is 1. The smallest absolute Gasteiger partial charge is 0.227 e. The standard InChI is InChI=1S/C51H31N3O.C45H27N3S.C39H22N2OS/c1-3-11-33(12-4-1)51-52-44-26-21-32-19-20-36-29-38(24-25-39(36)49(32)50(44)55-51)54-46-18-10-8-16-41(46)43-31-35(23-28-48(43)54)34-22-27-47-42(30-34)40-15-7-9-17-45(40)53(47)37-13-5-2-6-14-37;1-4-12-29(13-5-1)45-46-43-39(48(45)31-16-8-3-9-17-31)25-21-28-20-22-34-33(42(28)43)23-24-35-37-26-36-32-18-10-11-19-38(32)47(30-14-6-2-7-15-30)40(36)27-41(37)49-44(34)35;1-3-9-24(10-4-1)39-40-37-34(42-39)20-16-23-15-17-28-27(36(23)37)18-19-29-31-21-30-26-13-7-8-14-32(26)41(25-11-5-2-6-12-25)33(30)22-35(31)43-38(28)29/h1-31H;1-27H;1-22H. The molecule has 33 aromatic rings. The zero-order valence-electron chi connectivity index (χ0n) is 78.9. The topological polar surface area (TPSA) is 89.6 Å². The summed E-state index contributed by atoms with van der Waals surface area (Å²) in [6, 6.07) is 174. The van der Waals surface area contributed by atoms with Crippen LogP contribution in [0.3, 0.4) is 0 Å². The molecule has 0 N–H and O–H groups in total. The number of rotatable bonds is 9. The molecule has 0 atom stereocenters. The molecule has 684 valence electrons. The lowest BCUT2D eigenvalue weighted by Crippen LogP contribution is -1.97. The minimum Gasteiger partial charge on any atom is -0.436 e. The summed E-state index contributed by atoms with van der Waals surface area (Å²) in [6.07, 6.45) is 0. The van der Waals surface area contributed by atoms with Gasteiger partial charge in [0, 0.05) is 155 Å². The zero-order chi connectivity index (χ0) is 96.2. The predicted octanol–water partition coefficient (Wildman–Crippen LogP) is 37.4. The molecular formula is C135H80N8O2S2. The lowest BCUT2D eigenvalue weighted by Gasteiger charge is -2.11. The van der Waals surface area contributed by atoms with Crippen LogP contribution in [0.1, 0.15) is 0 Å². The number of thiophene rings is 2. The van der Waals surface area contributed by atoms with Gasteiger partial charge in [0.1, 0.15) is 16.9 Å². The molecule has 24 aromatic carbocycles. The van der Waals surface area contributed by atoms with E-state index in [0.717, 1.165) is 94.1 Å². The highest BCUT2D eigenvalue weighted by Crippen LogP contribution is 2.51. The van der Waals surface area contributed by atoms with E-state index in [1.165, 1.54) is 193 Å². The first kappa shape index (κ1) is 82.6. The summed E-state index contributed by atoms with van der Waals surface area (Å²) < 4.78 is 29.8. The van der Waals surface area contributed by atoms with Crippen LogP contribution >= 0.6 is 22.7 Å². The van der Waals surface area contributed by atoms with Crippen molar-refractivity contribution < 1.29 is 8.83 Å². The van der Waals surface area contributed by atoms with E-state index < -0.39 is 0 Å². The normalized spacial score (nSPS) is 12.1. The van der Waals surface area contributed by atoms with Crippen molar-refractivity contribution in [2.24, 2.45) is 0 Å². The van der Waals surface area contributed by atoms with E-state index in [2.05, 4.69) is 441 Å². The van der Waals surface area contributed by atoms with Gasteiger partial charge in [0.05, 0.1) is 55.2 Å². The van der Waals surface area contributed by atoms with Crippen LogP contribution in [0.2, 0.25) is 0 Å². The Morgan fingerprint density at radius 2 is 0.537 bits per heavy atom. The summed E-state index contributed by atoms with van der Waals surface area (Å²) in [5.41, 5.74) is 26.5. The molecule has 10 nitrogen and oxygen atoms in total. The lowest BCUT2D eigenvalue weighted by molar-refractivity contribution is 0.620. The number of benzene rings is 24. The molecule has 33 rings (SSSR count). The number of hydrogen-bond donors (Lipinski definition) is 0. The van der Waals surface area contributed by atoms with Crippen molar-refractivity contribution in [1.29, 1.82) is 0 Å². The van der Waals surface area contributed by atoms with E-state index in [0.29, 0.717) is 11.8 Å². The van der Waals surface area contributed by atoms with Gasteiger partial charge in [-0.15, -0.1) is 22.7 Å². The Morgan fingerprint density at radius 3 is 1.04 bits per heavy atom. The number of fused-ring (bicyclic) bond motifs is 35. The van der Waals surface area contributed by atoms with Crippen molar-refractivity contribution in [2.75, 3.05) is 0 Å². The Kier molecular flexibility index (Phi) is 18.4. The van der Waals surface area contributed by atoms with Crippen molar-refractivity contribution in [3.63, 3.8) is 0 Å². The van der Waals surface area contributed by atoms with Gasteiger partial charge in [-0.25, -0.2) is 15.0 Å². The Hall–Kier alpha value is -19.1. The minimum atomic E-state index is 0.639. The molecule has 0 fully saturated rings. The van der Waals surface area contributed by atoms with E-state index in [1.54, 1.807) is 0 Å². The Bertz CT molecular complexity index is 11300. The van der Waals surface area contributed by atoms with Crippen molar-refractivity contribution >= 4 is 248 Å². The van der Waals surface area contributed by atoms with Crippen LogP contribution in [0, 0.1) is 0 Å². The largest absolute Gasteiger partial charge is 0.436 e. The summed E-state index contributed by atoms with van der Waals surface area (Å²) in [5.74, 6) is 2.24. The monoisotopic (exact) mass is 1910 g/mol. The van der Waals surface area contributed by atoms with Crippen LogP contribution < -0.4 is 0 Å². The van der Waals surface area contributed by atoms with Crippen LogP contribution in [0.5, 0.6) is 0 Å². The van der Waals surface area contributed by atoms with Crippen LogP contribution in [0.15, 0.2) is 494 Å². The molecule has 9 heterocycles. The third-order valence-corrected chi connectivity index (χ3v) is 32.6. The second-order valence-corrected chi connectivity index (χ2v) is 40.4. The van der Waals surface area contributed by atoms with E-state index in [9.17, 15) is 0 Å². The Morgan fingerprint density at radius 1 is 0.184 bits per heavy atom. The van der Waals surface area contributed by atoms with Crippen molar-refractivity contribution in [3.8, 4) is 73.9 Å². The van der Waals surface area contributed by atoms with Gasteiger partial charge in [0.25, 0.3) is 0 Å². The van der Waals surface area contributed by atoms with Gasteiger partial charge in [-0.2, -0.15) is 0 Å². The third kappa shape index (κ3) is 12.9. The van der Waals surface area contributed by atoms with Crippen molar-refractivity contribution in [1.82, 2.24) is 37.8 Å². The predicted molar refractivity (Wildman–Crippen MR) is 619 cm³/mol. The average Bonchev–Trinajstić information content (AvgIpc) is 1.57. The summed E-state index contributed by atoms with van der Waals surface area (Å²) in [7, 11) is 0. The molecule has 0 aliphatic rings. The first-order valence-electron chi connectivity index (χ1n) is 49.8. The van der Waals surface area contributed by atoms with E-state index in [1.807, 2.05) is 89.4 Å². The molecule has 9 aromatic heterocycles. The van der Waals surface area contributed by atoms with E-state index in [-0.39, 0.29) is 0 Å².